The van der Waals surface area contributed by atoms with Crippen molar-refractivity contribution in [2.45, 2.75) is 19.4 Å². The Hall–Kier alpha value is -3.55. The SMILES string of the molecule is C=CC1=C(C=C)C(=O)N(CCCCn2cnc(-c3ccnc(N)n3)c2)C1=O. The van der Waals surface area contributed by atoms with E-state index in [1.165, 1.54) is 17.1 Å². The lowest BCUT2D eigenvalue weighted by Gasteiger charge is -2.14. The van der Waals surface area contributed by atoms with Crippen LogP contribution in [0.1, 0.15) is 12.8 Å². The fourth-order valence-electron chi connectivity index (χ4n) is 2.91. The van der Waals surface area contributed by atoms with Gasteiger partial charge in [0.25, 0.3) is 11.8 Å². The molecule has 0 saturated carbocycles. The lowest BCUT2D eigenvalue weighted by Crippen LogP contribution is -2.32. The van der Waals surface area contributed by atoms with Crippen molar-refractivity contribution in [2.75, 3.05) is 12.3 Å². The van der Waals surface area contributed by atoms with Crippen LogP contribution in [0.3, 0.4) is 0 Å². The highest BCUT2D eigenvalue weighted by atomic mass is 16.2. The Morgan fingerprint density at radius 3 is 2.30 bits per heavy atom. The van der Waals surface area contributed by atoms with E-state index in [1.54, 1.807) is 18.6 Å². The van der Waals surface area contributed by atoms with Crippen molar-refractivity contribution < 1.29 is 9.59 Å². The van der Waals surface area contributed by atoms with Gasteiger partial charge in [0, 0.05) is 25.5 Å². The van der Waals surface area contributed by atoms with E-state index in [-0.39, 0.29) is 17.8 Å². The summed E-state index contributed by atoms with van der Waals surface area (Å²) in [5.74, 6) is -0.416. The molecule has 3 rings (SSSR count). The number of carbonyl (C=O) groups excluding carboxylic acids is 2. The van der Waals surface area contributed by atoms with E-state index >= 15 is 0 Å². The van der Waals surface area contributed by atoms with Gasteiger partial charge < -0.3 is 10.3 Å². The zero-order valence-corrected chi connectivity index (χ0v) is 14.8. The molecule has 0 aliphatic carbocycles. The maximum Gasteiger partial charge on any atom is 0.261 e. The molecular weight excluding hydrogens is 344 g/mol. The number of aryl methyl sites for hydroxylation is 1. The van der Waals surface area contributed by atoms with Crippen LogP contribution in [0.5, 0.6) is 0 Å². The normalized spacial score (nSPS) is 14.1. The monoisotopic (exact) mass is 364 g/mol. The number of rotatable bonds is 8. The van der Waals surface area contributed by atoms with Crippen LogP contribution in [0.25, 0.3) is 11.4 Å². The lowest BCUT2D eigenvalue weighted by molar-refractivity contribution is -0.137. The molecule has 3 heterocycles. The molecule has 0 unspecified atom stereocenters. The first-order valence-electron chi connectivity index (χ1n) is 8.51. The first kappa shape index (κ1) is 18.2. The number of carbonyl (C=O) groups is 2. The lowest BCUT2D eigenvalue weighted by atomic mass is 10.1. The fourth-order valence-corrected chi connectivity index (χ4v) is 2.91. The Kier molecular flexibility index (Phi) is 5.25. The van der Waals surface area contributed by atoms with Gasteiger partial charge in [-0.05, 0) is 18.9 Å². The molecule has 0 radical (unpaired) electrons. The third-order valence-corrected chi connectivity index (χ3v) is 4.27. The summed E-state index contributed by atoms with van der Waals surface area (Å²) in [6.45, 7) is 8.26. The van der Waals surface area contributed by atoms with Gasteiger partial charge in [-0.25, -0.2) is 15.0 Å². The van der Waals surface area contributed by atoms with Gasteiger partial charge in [0.15, 0.2) is 0 Å². The van der Waals surface area contributed by atoms with Crippen LogP contribution in [0, 0.1) is 0 Å². The number of hydrogen-bond donors (Lipinski definition) is 1. The number of imide groups is 1. The smallest absolute Gasteiger partial charge is 0.261 e. The minimum Gasteiger partial charge on any atom is -0.368 e. The molecule has 0 saturated heterocycles. The molecule has 2 aromatic heterocycles. The standard InChI is InChI=1S/C19H20N6O2/c1-3-13-14(4-2)18(27)25(17(13)26)10-6-5-9-24-11-16(22-12-24)15-7-8-21-19(20)23-15/h3-4,7-8,11-12H,1-2,5-6,9-10H2,(H2,20,21,23). The second kappa shape index (κ2) is 7.77. The Morgan fingerprint density at radius 2 is 1.67 bits per heavy atom. The van der Waals surface area contributed by atoms with Gasteiger partial charge in [-0.3, -0.25) is 14.5 Å². The van der Waals surface area contributed by atoms with Crippen LogP contribution < -0.4 is 5.73 Å². The van der Waals surface area contributed by atoms with Gasteiger partial charge >= 0.3 is 0 Å². The van der Waals surface area contributed by atoms with E-state index in [2.05, 4.69) is 28.1 Å². The summed E-state index contributed by atoms with van der Waals surface area (Å²) in [5.41, 5.74) is 7.60. The second-order valence-electron chi connectivity index (χ2n) is 6.00. The summed E-state index contributed by atoms with van der Waals surface area (Å²) in [6.07, 6.45) is 9.46. The predicted octanol–water partition coefficient (Wildman–Crippen LogP) is 1.74. The fraction of sp³-hybridized carbons (Fsp3) is 0.211. The molecule has 2 N–H and O–H groups in total. The molecule has 1 aliphatic rings. The maximum atomic E-state index is 12.3. The summed E-state index contributed by atoms with van der Waals surface area (Å²) in [6, 6.07) is 1.75. The molecule has 0 fully saturated rings. The molecule has 8 nitrogen and oxygen atoms in total. The van der Waals surface area contributed by atoms with E-state index in [9.17, 15) is 9.59 Å². The van der Waals surface area contributed by atoms with Gasteiger partial charge in [0.1, 0.15) is 5.69 Å². The first-order valence-corrected chi connectivity index (χ1v) is 8.51. The minimum absolute atomic E-state index is 0.202. The Morgan fingerprint density at radius 1 is 1.00 bits per heavy atom. The Bertz CT molecular complexity index is 913. The zero-order chi connectivity index (χ0) is 19.4. The average Bonchev–Trinajstić information content (AvgIpc) is 3.22. The van der Waals surface area contributed by atoms with Crippen molar-refractivity contribution in [3.63, 3.8) is 0 Å². The highest BCUT2D eigenvalue weighted by Gasteiger charge is 2.34. The molecule has 0 atom stereocenters. The summed E-state index contributed by atoms with van der Waals surface area (Å²) < 4.78 is 1.93. The molecule has 0 bridgehead atoms. The maximum absolute atomic E-state index is 12.3. The number of anilines is 1. The van der Waals surface area contributed by atoms with Crippen LogP contribution in [0.2, 0.25) is 0 Å². The van der Waals surface area contributed by atoms with Gasteiger partial charge in [-0.1, -0.05) is 25.3 Å². The average molecular weight is 364 g/mol. The zero-order valence-electron chi connectivity index (χ0n) is 14.8. The number of hydrogen-bond acceptors (Lipinski definition) is 6. The number of aromatic nitrogens is 4. The molecule has 2 aromatic rings. The molecule has 8 heteroatoms. The molecule has 27 heavy (non-hydrogen) atoms. The van der Waals surface area contributed by atoms with Crippen LogP contribution in [-0.2, 0) is 16.1 Å². The number of nitrogen functional groups attached to an aromatic ring is 1. The third-order valence-electron chi connectivity index (χ3n) is 4.27. The van der Waals surface area contributed by atoms with Gasteiger partial charge in [-0.15, -0.1) is 0 Å². The van der Waals surface area contributed by atoms with Crippen molar-refractivity contribution in [2.24, 2.45) is 0 Å². The van der Waals surface area contributed by atoms with E-state index < -0.39 is 0 Å². The molecule has 0 aromatic carbocycles. The quantitative estimate of drug-likeness (QED) is 0.565. The van der Waals surface area contributed by atoms with Gasteiger partial charge in [0.05, 0.1) is 23.2 Å². The van der Waals surface area contributed by atoms with Crippen LogP contribution in [0.4, 0.5) is 5.95 Å². The number of unbranched alkanes of at least 4 members (excludes halogenated alkanes) is 1. The van der Waals surface area contributed by atoms with Crippen molar-refractivity contribution in [1.82, 2.24) is 24.4 Å². The van der Waals surface area contributed by atoms with E-state index in [1.807, 2.05) is 10.8 Å². The predicted molar refractivity (Wildman–Crippen MR) is 101 cm³/mol. The summed E-state index contributed by atoms with van der Waals surface area (Å²) in [5, 5.41) is 0. The van der Waals surface area contributed by atoms with Crippen molar-refractivity contribution in [3.8, 4) is 11.4 Å². The summed E-state index contributed by atoms with van der Waals surface area (Å²) >= 11 is 0. The van der Waals surface area contributed by atoms with Crippen molar-refractivity contribution in [1.29, 1.82) is 0 Å². The number of imidazole rings is 1. The van der Waals surface area contributed by atoms with E-state index in [0.717, 1.165) is 6.42 Å². The highest BCUT2D eigenvalue weighted by Crippen LogP contribution is 2.22. The van der Waals surface area contributed by atoms with Crippen molar-refractivity contribution in [3.05, 3.63) is 61.2 Å². The first-order chi connectivity index (χ1) is 13.0. The van der Waals surface area contributed by atoms with Crippen LogP contribution >= 0.6 is 0 Å². The topological polar surface area (TPSA) is 107 Å². The number of amides is 2. The highest BCUT2D eigenvalue weighted by molar-refractivity contribution is 6.21. The summed E-state index contributed by atoms with van der Waals surface area (Å²) in [4.78, 5) is 38.1. The van der Waals surface area contributed by atoms with Gasteiger partial charge in [0.2, 0.25) is 5.95 Å². The van der Waals surface area contributed by atoms with Gasteiger partial charge in [-0.2, -0.15) is 0 Å². The van der Waals surface area contributed by atoms with E-state index in [0.29, 0.717) is 42.0 Å². The van der Waals surface area contributed by atoms with Crippen LogP contribution in [0.15, 0.2) is 61.2 Å². The third kappa shape index (κ3) is 3.69. The summed E-state index contributed by atoms with van der Waals surface area (Å²) in [7, 11) is 0. The number of nitrogens with two attached hydrogens (primary N) is 1. The Balaban J connectivity index is 1.53. The molecule has 2 amide bonds. The molecule has 1 aliphatic heterocycles. The van der Waals surface area contributed by atoms with Crippen molar-refractivity contribution >= 4 is 17.8 Å². The minimum atomic E-state index is -0.309. The second-order valence-corrected chi connectivity index (χ2v) is 6.00. The number of nitrogens with zero attached hydrogens (tertiary/aromatic N) is 5. The molecular formula is C19H20N6O2. The van der Waals surface area contributed by atoms with E-state index in [4.69, 9.17) is 5.73 Å². The largest absolute Gasteiger partial charge is 0.368 e. The molecule has 0 spiro atoms. The van der Waals surface area contributed by atoms with Crippen LogP contribution in [-0.4, -0.2) is 42.8 Å². The Labute approximate surface area is 156 Å². The molecule has 138 valence electrons.